The lowest BCUT2D eigenvalue weighted by Crippen LogP contribution is -2.42. The summed E-state index contributed by atoms with van der Waals surface area (Å²) < 4.78 is 0. The van der Waals surface area contributed by atoms with E-state index >= 15 is 0 Å². The molecular weight excluding hydrogens is 284 g/mol. The van der Waals surface area contributed by atoms with Gasteiger partial charge in [-0.2, -0.15) is 0 Å². The minimum absolute atomic E-state index is 0.0454. The molecule has 8 nitrogen and oxygen atoms in total. The Bertz CT molecular complexity index is 526. The summed E-state index contributed by atoms with van der Waals surface area (Å²) in [7, 11) is 0. The van der Waals surface area contributed by atoms with E-state index in [1.807, 2.05) is 0 Å². The molecule has 0 aromatic carbocycles. The Labute approximate surface area is 118 Å². The molecule has 0 unspecified atom stereocenters. The number of hydrogen-bond donors (Lipinski definition) is 4. The molecule has 0 atom stereocenters. The SMILES string of the molecule is O=C(CNC(=O)NCc1nc(C(=O)O)cs1)NC1CC1. The Morgan fingerprint density at radius 1 is 1.35 bits per heavy atom. The molecule has 1 aromatic rings. The van der Waals surface area contributed by atoms with Crippen molar-refractivity contribution in [1.29, 1.82) is 0 Å². The molecule has 0 aliphatic heterocycles. The second-order valence-corrected chi connectivity index (χ2v) is 5.25. The molecule has 9 heteroatoms. The van der Waals surface area contributed by atoms with Gasteiger partial charge in [-0.05, 0) is 12.8 Å². The molecule has 4 N–H and O–H groups in total. The van der Waals surface area contributed by atoms with Gasteiger partial charge in [0.2, 0.25) is 5.91 Å². The lowest BCUT2D eigenvalue weighted by Gasteiger charge is -2.06. The van der Waals surface area contributed by atoms with Gasteiger partial charge in [-0.15, -0.1) is 11.3 Å². The van der Waals surface area contributed by atoms with Gasteiger partial charge >= 0.3 is 12.0 Å². The number of nitrogens with zero attached hydrogens (tertiary/aromatic N) is 1. The normalized spacial score (nSPS) is 13.6. The van der Waals surface area contributed by atoms with Crippen LogP contribution in [0.4, 0.5) is 4.79 Å². The number of thiazole rings is 1. The molecule has 1 fully saturated rings. The zero-order valence-electron chi connectivity index (χ0n) is 10.5. The second-order valence-electron chi connectivity index (χ2n) is 4.31. The first-order chi connectivity index (χ1) is 9.54. The molecule has 2 rings (SSSR count). The van der Waals surface area contributed by atoms with Crippen molar-refractivity contribution in [3.8, 4) is 0 Å². The summed E-state index contributed by atoms with van der Waals surface area (Å²) in [5, 5.41) is 18.2. The lowest BCUT2D eigenvalue weighted by molar-refractivity contribution is -0.120. The second kappa shape index (κ2) is 6.33. The van der Waals surface area contributed by atoms with Gasteiger partial charge in [-0.1, -0.05) is 0 Å². The minimum Gasteiger partial charge on any atom is -0.476 e. The highest BCUT2D eigenvalue weighted by atomic mass is 32.1. The third kappa shape index (κ3) is 4.50. The first-order valence-electron chi connectivity index (χ1n) is 6.03. The van der Waals surface area contributed by atoms with Crippen LogP contribution in [-0.4, -0.2) is 40.6 Å². The van der Waals surface area contributed by atoms with Crippen molar-refractivity contribution in [2.24, 2.45) is 0 Å². The number of urea groups is 1. The lowest BCUT2D eigenvalue weighted by atomic mass is 10.5. The summed E-state index contributed by atoms with van der Waals surface area (Å²) in [5.74, 6) is -1.32. The zero-order valence-corrected chi connectivity index (χ0v) is 11.3. The Kier molecular flexibility index (Phi) is 4.51. The maximum atomic E-state index is 11.4. The minimum atomic E-state index is -1.10. The fourth-order valence-corrected chi connectivity index (χ4v) is 2.08. The number of carboxylic acids is 1. The van der Waals surface area contributed by atoms with Crippen molar-refractivity contribution >= 4 is 29.2 Å². The average Bonchev–Trinajstić information content (AvgIpc) is 3.07. The summed E-state index contributed by atoms with van der Waals surface area (Å²) in [6.07, 6.45) is 1.99. The summed E-state index contributed by atoms with van der Waals surface area (Å²) in [6.45, 7) is 0.0363. The number of carbonyl (C=O) groups excluding carboxylic acids is 2. The third-order valence-electron chi connectivity index (χ3n) is 2.52. The summed E-state index contributed by atoms with van der Waals surface area (Å²) in [4.78, 5) is 37.2. The zero-order chi connectivity index (χ0) is 14.5. The van der Waals surface area contributed by atoms with E-state index in [1.165, 1.54) is 5.38 Å². The van der Waals surface area contributed by atoms with E-state index in [-0.39, 0.29) is 30.7 Å². The average molecular weight is 298 g/mol. The van der Waals surface area contributed by atoms with E-state index in [4.69, 9.17) is 5.11 Å². The van der Waals surface area contributed by atoms with Crippen molar-refractivity contribution < 1.29 is 19.5 Å². The molecule has 0 saturated heterocycles. The fraction of sp³-hybridized carbons (Fsp3) is 0.455. The first kappa shape index (κ1) is 14.3. The van der Waals surface area contributed by atoms with Gasteiger partial charge in [-0.25, -0.2) is 14.6 Å². The van der Waals surface area contributed by atoms with Gasteiger partial charge in [0.15, 0.2) is 5.69 Å². The molecule has 1 aliphatic carbocycles. The molecule has 0 spiro atoms. The molecular formula is C11H14N4O4S. The molecule has 1 aromatic heterocycles. The van der Waals surface area contributed by atoms with E-state index in [0.717, 1.165) is 24.2 Å². The number of aromatic carboxylic acids is 1. The quantitative estimate of drug-likeness (QED) is 0.585. The van der Waals surface area contributed by atoms with Crippen LogP contribution in [0.3, 0.4) is 0 Å². The maximum absolute atomic E-state index is 11.4. The van der Waals surface area contributed by atoms with E-state index in [1.54, 1.807) is 0 Å². The number of carboxylic acid groups (broad SMARTS) is 1. The van der Waals surface area contributed by atoms with Crippen LogP contribution in [0.5, 0.6) is 0 Å². The van der Waals surface area contributed by atoms with E-state index in [0.29, 0.717) is 5.01 Å². The standard InChI is InChI=1S/C11H14N4O4S/c16-8(14-6-1-2-6)3-12-11(19)13-4-9-15-7(5-20-9)10(17)18/h5-6H,1-4H2,(H,14,16)(H,17,18)(H2,12,13,19). The molecule has 0 radical (unpaired) electrons. The van der Waals surface area contributed by atoms with Crippen LogP contribution >= 0.6 is 11.3 Å². The van der Waals surface area contributed by atoms with Gasteiger partial charge in [0, 0.05) is 11.4 Å². The Morgan fingerprint density at radius 3 is 2.70 bits per heavy atom. The highest BCUT2D eigenvalue weighted by Crippen LogP contribution is 2.18. The van der Waals surface area contributed by atoms with Gasteiger partial charge in [0.25, 0.3) is 0 Å². The van der Waals surface area contributed by atoms with Crippen LogP contribution in [-0.2, 0) is 11.3 Å². The van der Waals surface area contributed by atoms with E-state index < -0.39 is 12.0 Å². The maximum Gasteiger partial charge on any atom is 0.355 e. The predicted molar refractivity (Wildman–Crippen MR) is 70.5 cm³/mol. The number of carbonyl (C=O) groups is 3. The number of aromatic nitrogens is 1. The highest BCUT2D eigenvalue weighted by Gasteiger charge is 2.23. The molecule has 3 amide bonds. The summed E-state index contributed by atoms with van der Waals surface area (Å²) in [6, 6.07) is -0.236. The number of amides is 3. The van der Waals surface area contributed by atoms with Crippen molar-refractivity contribution in [2.75, 3.05) is 6.54 Å². The van der Waals surface area contributed by atoms with Crippen LogP contribution in [0, 0.1) is 0 Å². The van der Waals surface area contributed by atoms with E-state index in [9.17, 15) is 14.4 Å². The van der Waals surface area contributed by atoms with Crippen molar-refractivity contribution in [1.82, 2.24) is 20.9 Å². The third-order valence-corrected chi connectivity index (χ3v) is 3.37. The van der Waals surface area contributed by atoms with Crippen LogP contribution in [0.25, 0.3) is 0 Å². The molecule has 1 aliphatic rings. The topological polar surface area (TPSA) is 120 Å². The molecule has 1 heterocycles. The summed E-state index contributed by atoms with van der Waals surface area (Å²) >= 11 is 1.15. The Balaban J connectivity index is 1.65. The van der Waals surface area contributed by atoms with Crippen LogP contribution in [0.2, 0.25) is 0 Å². The fourth-order valence-electron chi connectivity index (χ4n) is 1.38. The van der Waals surface area contributed by atoms with Crippen molar-refractivity contribution in [2.45, 2.75) is 25.4 Å². The number of hydrogen-bond acceptors (Lipinski definition) is 5. The van der Waals surface area contributed by atoms with Crippen LogP contribution in [0.1, 0.15) is 28.3 Å². The van der Waals surface area contributed by atoms with Crippen molar-refractivity contribution in [3.05, 3.63) is 16.1 Å². The Hall–Kier alpha value is -2.16. The highest BCUT2D eigenvalue weighted by molar-refractivity contribution is 7.09. The predicted octanol–water partition coefficient (Wildman–Crippen LogP) is -0.0809. The van der Waals surface area contributed by atoms with Crippen LogP contribution in [0.15, 0.2) is 5.38 Å². The largest absolute Gasteiger partial charge is 0.476 e. The van der Waals surface area contributed by atoms with E-state index in [2.05, 4.69) is 20.9 Å². The van der Waals surface area contributed by atoms with Gasteiger partial charge in [0.05, 0.1) is 13.1 Å². The number of rotatable bonds is 6. The molecule has 0 bridgehead atoms. The van der Waals surface area contributed by atoms with Gasteiger partial charge < -0.3 is 21.1 Å². The van der Waals surface area contributed by atoms with Crippen LogP contribution < -0.4 is 16.0 Å². The smallest absolute Gasteiger partial charge is 0.355 e. The van der Waals surface area contributed by atoms with Gasteiger partial charge in [0.1, 0.15) is 5.01 Å². The monoisotopic (exact) mass is 298 g/mol. The molecule has 108 valence electrons. The number of nitrogens with one attached hydrogen (secondary N) is 3. The van der Waals surface area contributed by atoms with Crippen molar-refractivity contribution in [3.63, 3.8) is 0 Å². The van der Waals surface area contributed by atoms with Gasteiger partial charge in [-0.3, -0.25) is 4.79 Å². The Morgan fingerprint density at radius 2 is 2.10 bits per heavy atom. The molecule has 20 heavy (non-hydrogen) atoms. The first-order valence-corrected chi connectivity index (χ1v) is 6.91. The summed E-state index contributed by atoms with van der Waals surface area (Å²) in [5.41, 5.74) is -0.0454. The molecule has 1 saturated carbocycles.